The highest BCUT2D eigenvalue weighted by Gasteiger charge is 2.08. The minimum absolute atomic E-state index is 0.374. The van der Waals surface area contributed by atoms with Crippen LogP contribution < -0.4 is 5.32 Å². The summed E-state index contributed by atoms with van der Waals surface area (Å²) >= 11 is 0. The van der Waals surface area contributed by atoms with Crippen molar-refractivity contribution in [2.75, 3.05) is 5.32 Å². The van der Waals surface area contributed by atoms with E-state index in [1.54, 1.807) is 12.4 Å². The molecule has 4 nitrogen and oxygen atoms in total. The minimum atomic E-state index is 0.374. The van der Waals surface area contributed by atoms with E-state index < -0.39 is 0 Å². The normalized spacial score (nSPS) is 10.8. The first kappa shape index (κ1) is 10.7. The van der Waals surface area contributed by atoms with Gasteiger partial charge in [-0.1, -0.05) is 0 Å². The van der Waals surface area contributed by atoms with Gasteiger partial charge in [-0.05, 0) is 39.0 Å². The van der Waals surface area contributed by atoms with E-state index in [1.165, 1.54) is 0 Å². The average molecular weight is 216 g/mol. The maximum absolute atomic E-state index is 4.37. The molecule has 0 aliphatic rings. The van der Waals surface area contributed by atoms with Gasteiger partial charge in [-0.25, -0.2) is 9.67 Å². The standard InChI is InChI=1S/C12H16N4/c1-9(2)15-11-5-4-7-13-12(11)16-10(3)6-8-14-16/h4-9,15H,1-3H3. The van der Waals surface area contributed by atoms with Gasteiger partial charge in [-0.15, -0.1) is 0 Å². The number of anilines is 1. The van der Waals surface area contributed by atoms with Gasteiger partial charge in [-0.3, -0.25) is 0 Å². The summed E-state index contributed by atoms with van der Waals surface area (Å²) in [6.07, 6.45) is 3.56. The molecule has 0 spiro atoms. The zero-order chi connectivity index (χ0) is 11.5. The van der Waals surface area contributed by atoms with Gasteiger partial charge in [0.2, 0.25) is 0 Å². The van der Waals surface area contributed by atoms with Crippen molar-refractivity contribution in [3.63, 3.8) is 0 Å². The highest BCUT2D eigenvalue weighted by molar-refractivity contribution is 5.57. The van der Waals surface area contributed by atoms with Gasteiger partial charge in [0.1, 0.15) is 0 Å². The fourth-order valence-corrected chi connectivity index (χ4v) is 1.58. The first-order valence-corrected chi connectivity index (χ1v) is 5.41. The fraction of sp³-hybridized carbons (Fsp3) is 0.333. The van der Waals surface area contributed by atoms with Crippen LogP contribution in [-0.4, -0.2) is 20.8 Å². The summed E-state index contributed by atoms with van der Waals surface area (Å²) in [4.78, 5) is 4.37. The Bertz CT molecular complexity index is 473. The summed E-state index contributed by atoms with van der Waals surface area (Å²) in [5, 5.41) is 7.63. The SMILES string of the molecule is Cc1ccnn1-c1ncccc1NC(C)C. The van der Waals surface area contributed by atoms with Crippen LogP contribution in [0.2, 0.25) is 0 Å². The highest BCUT2D eigenvalue weighted by Crippen LogP contribution is 2.18. The molecule has 0 saturated heterocycles. The van der Waals surface area contributed by atoms with Gasteiger partial charge in [0.25, 0.3) is 0 Å². The monoisotopic (exact) mass is 216 g/mol. The van der Waals surface area contributed by atoms with Crippen LogP contribution in [-0.2, 0) is 0 Å². The number of rotatable bonds is 3. The number of aryl methyl sites for hydroxylation is 1. The lowest BCUT2D eigenvalue weighted by atomic mass is 10.3. The number of hydrogen-bond acceptors (Lipinski definition) is 3. The predicted octanol–water partition coefficient (Wildman–Crippen LogP) is 2.40. The smallest absolute Gasteiger partial charge is 0.177 e. The van der Waals surface area contributed by atoms with Crippen LogP contribution in [0.4, 0.5) is 5.69 Å². The molecule has 4 heteroatoms. The molecular weight excluding hydrogens is 200 g/mol. The van der Waals surface area contributed by atoms with Gasteiger partial charge in [0, 0.05) is 24.1 Å². The van der Waals surface area contributed by atoms with E-state index in [-0.39, 0.29) is 0 Å². The van der Waals surface area contributed by atoms with Crippen LogP contribution in [0.25, 0.3) is 5.82 Å². The third kappa shape index (κ3) is 2.05. The molecule has 1 N–H and O–H groups in total. The Labute approximate surface area is 95.3 Å². The van der Waals surface area contributed by atoms with E-state index in [2.05, 4.69) is 29.2 Å². The molecule has 16 heavy (non-hydrogen) atoms. The molecule has 0 aromatic carbocycles. The van der Waals surface area contributed by atoms with E-state index in [4.69, 9.17) is 0 Å². The van der Waals surface area contributed by atoms with Crippen molar-refractivity contribution in [3.05, 3.63) is 36.3 Å². The van der Waals surface area contributed by atoms with Gasteiger partial charge < -0.3 is 5.32 Å². The van der Waals surface area contributed by atoms with Crippen molar-refractivity contribution < 1.29 is 0 Å². The summed E-state index contributed by atoms with van der Waals surface area (Å²) in [5.41, 5.74) is 2.08. The molecule has 0 unspecified atom stereocenters. The van der Waals surface area contributed by atoms with E-state index >= 15 is 0 Å². The molecule has 0 fully saturated rings. The molecule has 84 valence electrons. The highest BCUT2D eigenvalue weighted by atomic mass is 15.3. The second-order valence-corrected chi connectivity index (χ2v) is 4.06. The third-order valence-electron chi connectivity index (χ3n) is 2.26. The average Bonchev–Trinajstić information content (AvgIpc) is 2.64. The summed E-state index contributed by atoms with van der Waals surface area (Å²) in [6.45, 7) is 6.22. The molecule has 2 aromatic rings. The van der Waals surface area contributed by atoms with E-state index in [9.17, 15) is 0 Å². The van der Waals surface area contributed by atoms with E-state index in [1.807, 2.05) is 29.8 Å². The largest absolute Gasteiger partial charge is 0.380 e. The van der Waals surface area contributed by atoms with Gasteiger partial charge in [-0.2, -0.15) is 5.10 Å². The lowest BCUT2D eigenvalue weighted by molar-refractivity contribution is 0.809. The van der Waals surface area contributed by atoms with Crippen molar-refractivity contribution in [3.8, 4) is 5.82 Å². The lowest BCUT2D eigenvalue weighted by Gasteiger charge is -2.14. The number of hydrogen-bond donors (Lipinski definition) is 1. The molecule has 0 aliphatic heterocycles. The quantitative estimate of drug-likeness (QED) is 0.856. The second-order valence-electron chi connectivity index (χ2n) is 4.06. The molecular formula is C12H16N4. The van der Waals surface area contributed by atoms with Crippen molar-refractivity contribution in [1.82, 2.24) is 14.8 Å². The maximum atomic E-state index is 4.37. The second kappa shape index (κ2) is 4.35. The van der Waals surface area contributed by atoms with Gasteiger partial charge in [0.15, 0.2) is 5.82 Å². The molecule has 0 saturated carbocycles. The molecule has 0 atom stereocenters. The summed E-state index contributed by atoms with van der Waals surface area (Å²) in [6, 6.07) is 6.28. The number of aromatic nitrogens is 3. The zero-order valence-corrected chi connectivity index (χ0v) is 9.81. The molecule has 2 heterocycles. The zero-order valence-electron chi connectivity index (χ0n) is 9.81. The predicted molar refractivity (Wildman–Crippen MR) is 64.9 cm³/mol. The van der Waals surface area contributed by atoms with Crippen molar-refractivity contribution in [2.24, 2.45) is 0 Å². The Morgan fingerprint density at radius 2 is 2.06 bits per heavy atom. The third-order valence-corrected chi connectivity index (χ3v) is 2.26. The summed E-state index contributed by atoms with van der Waals surface area (Å²) in [5.74, 6) is 0.846. The van der Waals surface area contributed by atoms with Crippen LogP contribution in [0.3, 0.4) is 0 Å². The number of pyridine rings is 1. The molecule has 0 amide bonds. The van der Waals surface area contributed by atoms with Crippen LogP contribution in [0, 0.1) is 6.92 Å². The first-order valence-electron chi connectivity index (χ1n) is 5.41. The fourth-order valence-electron chi connectivity index (χ4n) is 1.58. The van der Waals surface area contributed by atoms with Crippen molar-refractivity contribution in [1.29, 1.82) is 0 Å². The molecule has 0 aliphatic carbocycles. The summed E-state index contributed by atoms with van der Waals surface area (Å²) in [7, 11) is 0. The van der Waals surface area contributed by atoms with Gasteiger partial charge >= 0.3 is 0 Å². The molecule has 0 radical (unpaired) electrons. The molecule has 2 aromatic heterocycles. The molecule has 2 rings (SSSR count). The molecule has 0 bridgehead atoms. The van der Waals surface area contributed by atoms with E-state index in [0.717, 1.165) is 17.2 Å². The topological polar surface area (TPSA) is 42.7 Å². The van der Waals surface area contributed by atoms with E-state index in [0.29, 0.717) is 6.04 Å². The Hall–Kier alpha value is -1.84. The summed E-state index contributed by atoms with van der Waals surface area (Å²) < 4.78 is 1.84. The maximum Gasteiger partial charge on any atom is 0.177 e. The Kier molecular flexibility index (Phi) is 2.90. The number of nitrogens with one attached hydrogen (secondary N) is 1. The number of nitrogens with zero attached hydrogens (tertiary/aromatic N) is 3. The Morgan fingerprint density at radius 1 is 1.25 bits per heavy atom. The minimum Gasteiger partial charge on any atom is -0.380 e. The Morgan fingerprint density at radius 3 is 2.69 bits per heavy atom. The van der Waals surface area contributed by atoms with Crippen molar-refractivity contribution in [2.45, 2.75) is 26.8 Å². The van der Waals surface area contributed by atoms with Crippen molar-refractivity contribution >= 4 is 5.69 Å². The van der Waals surface area contributed by atoms with Gasteiger partial charge in [0.05, 0.1) is 5.69 Å². The first-order chi connectivity index (χ1) is 7.68. The van der Waals surface area contributed by atoms with Crippen LogP contribution in [0.15, 0.2) is 30.6 Å². The lowest BCUT2D eigenvalue weighted by Crippen LogP contribution is -2.14. The van der Waals surface area contributed by atoms with Crippen LogP contribution in [0.1, 0.15) is 19.5 Å². The Balaban J connectivity index is 2.44. The van der Waals surface area contributed by atoms with Crippen LogP contribution in [0.5, 0.6) is 0 Å². The van der Waals surface area contributed by atoms with Crippen LogP contribution >= 0.6 is 0 Å².